The SMILES string of the molecule is CC(=O)Oc1cccc2[nH]cc(C(=O)C(=O)N3CCC(c4ccccc4)CC3)c12. The van der Waals surface area contributed by atoms with Gasteiger partial charge >= 0.3 is 5.97 Å². The number of Topliss-reactive ketones (excluding diaryl/α,β-unsaturated/α-hetero) is 1. The van der Waals surface area contributed by atoms with Crippen molar-refractivity contribution in [3.63, 3.8) is 0 Å². The van der Waals surface area contributed by atoms with E-state index in [2.05, 4.69) is 17.1 Å². The van der Waals surface area contributed by atoms with Crippen molar-refractivity contribution in [2.24, 2.45) is 0 Å². The summed E-state index contributed by atoms with van der Waals surface area (Å²) >= 11 is 0. The van der Waals surface area contributed by atoms with E-state index in [1.807, 2.05) is 18.2 Å². The van der Waals surface area contributed by atoms with E-state index in [1.165, 1.54) is 18.7 Å². The third-order valence-electron chi connectivity index (χ3n) is 5.41. The maximum atomic E-state index is 13.0. The van der Waals surface area contributed by atoms with Gasteiger partial charge in [0.25, 0.3) is 11.7 Å². The molecule has 0 atom stereocenters. The highest BCUT2D eigenvalue weighted by atomic mass is 16.5. The molecule has 1 aromatic heterocycles. The van der Waals surface area contributed by atoms with Crippen LogP contribution in [0.4, 0.5) is 0 Å². The Balaban J connectivity index is 1.52. The number of piperidine rings is 1. The number of likely N-dealkylation sites (tertiary alicyclic amines) is 1. The summed E-state index contributed by atoms with van der Waals surface area (Å²) in [5, 5.41) is 0.459. The quantitative estimate of drug-likeness (QED) is 0.319. The van der Waals surface area contributed by atoms with Crippen LogP contribution in [0.5, 0.6) is 5.75 Å². The number of benzene rings is 2. The van der Waals surface area contributed by atoms with Crippen LogP contribution in [0.25, 0.3) is 10.9 Å². The second-order valence-corrected chi connectivity index (χ2v) is 7.28. The van der Waals surface area contributed by atoms with E-state index in [0.29, 0.717) is 29.9 Å². The van der Waals surface area contributed by atoms with Crippen molar-refractivity contribution < 1.29 is 19.1 Å². The Morgan fingerprint density at radius 2 is 1.72 bits per heavy atom. The molecule has 0 radical (unpaired) electrons. The second kappa shape index (κ2) is 7.91. The lowest BCUT2D eigenvalue weighted by Gasteiger charge is -2.31. The predicted octanol–water partition coefficient (Wildman–Crippen LogP) is 3.68. The number of aromatic amines is 1. The number of hydrogen-bond acceptors (Lipinski definition) is 4. The zero-order valence-corrected chi connectivity index (χ0v) is 16.2. The van der Waals surface area contributed by atoms with Crippen LogP contribution in [-0.4, -0.2) is 40.6 Å². The van der Waals surface area contributed by atoms with Crippen molar-refractivity contribution in [3.05, 3.63) is 65.9 Å². The van der Waals surface area contributed by atoms with Crippen LogP contribution in [0.15, 0.2) is 54.7 Å². The molecule has 3 aromatic rings. The number of fused-ring (bicyclic) bond motifs is 1. The third-order valence-corrected chi connectivity index (χ3v) is 5.41. The normalized spacial score (nSPS) is 14.7. The fourth-order valence-electron chi connectivity index (χ4n) is 3.97. The summed E-state index contributed by atoms with van der Waals surface area (Å²) in [5.41, 5.74) is 2.14. The van der Waals surface area contributed by atoms with Crippen LogP contribution in [0, 0.1) is 0 Å². The summed E-state index contributed by atoms with van der Waals surface area (Å²) in [6.45, 7) is 2.39. The minimum absolute atomic E-state index is 0.229. The number of carbonyl (C=O) groups is 3. The highest BCUT2D eigenvalue weighted by Gasteiger charge is 2.30. The third kappa shape index (κ3) is 3.78. The van der Waals surface area contributed by atoms with Crippen molar-refractivity contribution in [1.82, 2.24) is 9.88 Å². The lowest BCUT2D eigenvalue weighted by atomic mass is 9.89. The van der Waals surface area contributed by atoms with Gasteiger partial charge in [0.2, 0.25) is 0 Å². The van der Waals surface area contributed by atoms with Gasteiger partial charge in [0.1, 0.15) is 5.75 Å². The molecule has 1 amide bonds. The van der Waals surface area contributed by atoms with Gasteiger partial charge in [-0.1, -0.05) is 36.4 Å². The summed E-state index contributed by atoms with van der Waals surface area (Å²) in [7, 11) is 0. The van der Waals surface area contributed by atoms with Gasteiger partial charge in [-0.05, 0) is 36.5 Å². The summed E-state index contributed by atoms with van der Waals surface area (Å²) in [4.78, 5) is 41.8. The van der Waals surface area contributed by atoms with Crippen LogP contribution < -0.4 is 4.74 Å². The fraction of sp³-hybridized carbons (Fsp3) is 0.261. The zero-order chi connectivity index (χ0) is 20.4. The van der Waals surface area contributed by atoms with Crippen molar-refractivity contribution in [2.75, 3.05) is 13.1 Å². The molecule has 148 valence electrons. The molecule has 6 heteroatoms. The molecule has 29 heavy (non-hydrogen) atoms. The molecule has 0 bridgehead atoms. The molecule has 0 aliphatic carbocycles. The van der Waals surface area contributed by atoms with E-state index in [1.54, 1.807) is 23.1 Å². The molecule has 1 aliphatic rings. The Labute approximate surface area is 168 Å². The first-order valence-electron chi connectivity index (χ1n) is 9.71. The molecule has 1 aliphatic heterocycles. The molecular formula is C23H22N2O4. The van der Waals surface area contributed by atoms with Gasteiger partial charge in [-0.2, -0.15) is 0 Å². The van der Waals surface area contributed by atoms with Gasteiger partial charge in [-0.3, -0.25) is 14.4 Å². The van der Waals surface area contributed by atoms with E-state index in [0.717, 1.165) is 12.8 Å². The predicted molar refractivity (Wildman–Crippen MR) is 109 cm³/mol. The number of H-pyrrole nitrogens is 1. The smallest absolute Gasteiger partial charge is 0.308 e. The van der Waals surface area contributed by atoms with E-state index >= 15 is 0 Å². The Kier molecular flexibility index (Phi) is 5.16. The minimum Gasteiger partial charge on any atom is -0.426 e. The highest BCUT2D eigenvalue weighted by Crippen LogP contribution is 2.31. The van der Waals surface area contributed by atoms with Crippen molar-refractivity contribution in [2.45, 2.75) is 25.7 Å². The number of ether oxygens (including phenoxy) is 1. The van der Waals surface area contributed by atoms with E-state index in [-0.39, 0.29) is 11.3 Å². The number of carbonyl (C=O) groups excluding carboxylic acids is 3. The van der Waals surface area contributed by atoms with E-state index in [9.17, 15) is 14.4 Å². The number of esters is 1. The van der Waals surface area contributed by atoms with Crippen LogP contribution in [0.2, 0.25) is 0 Å². The number of nitrogens with one attached hydrogen (secondary N) is 1. The molecular weight excluding hydrogens is 368 g/mol. The maximum absolute atomic E-state index is 13.0. The highest BCUT2D eigenvalue weighted by molar-refractivity contribution is 6.45. The summed E-state index contributed by atoms with van der Waals surface area (Å²) in [6, 6.07) is 15.4. The molecule has 2 aromatic carbocycles. The monoisotopic (exact) mass is 390 g/mol. The van der Waals surface area contributed by atoms with Gasteiger partial charge in [0.05, 0.1) is 10.9 Å². The van der Waals surface area contributed by atoms with Gasteiger partial charge in [-0.15, -0.1) is 0 Å². The van der Waals surface area contributed by atoms with Crippen LogP contribution in [-0.2, 0) is 9.59 Å². The molecule has 2 heterocycles. The number of nitrogens with zero attached hydrogens (tertiary/aromatic N) is 1. The second-order valence-electron chi connectivity index (χ2n) is 7.28. The standard InChI is InChI=1S/C23H22N2O4/c1-15(26)29-20-9-5-8-19-21(20)18(14-24-19)22(27)23(28)25-12-10-17(11-13-25)16-6-3-2-4-7-16/h2-9,14,17,24H,10-13H2,1H3. The molecule has 1 N–H and O–H groups in total. The number of aromatic nitrogens is 1. The van der Waals surface area contributed by atoms with Crippen molar-refractivity contribution in [3.8, 4) is 5.75 Å². The van der Waals surface area contributed by atoms with Crippen molar-refractivity contribution in [1.29, 1.82) is 0 Å². The molecule has 0 saturated carbocycles. The largest absolute Gasteiger partial charge is 0.426 e. The first kappa shape index (κ1) is 18.9. The van der Waals surface area contributed by atoms with Crippen molar-refractivity contribution >= 4 is 28.6 Å². The number of amides is 1. The van der Waals surface area contributed by atoms with Gasteiger partial charge < -0.3 is 14.6 Å². The maximum Gasteiger partial charge on any atom is 0.308 e. The zero-order valence-electron chi connectivity index (χ0n) is 16.2. The molecule has 0 unspecified atom stereocenters. The number of rotatable bonds is 4. The number of hydrogen-bond donors (Lipinski definition) is 1. The molecule has 0 spiro atoms. The fourth-order valence-corrected chi connectivity index (χ4v) is 3.97. The van der Waals surface area contributed by atoms with Crippen LogP contribution >= 0.6 is 0 Å². The molecule has 4 rings (SSSR count). The summed E-state index contributed by atoms with van der Waals surface area (Å²) in [6.07, 6.45) is 3.17. The summed E-state index contributed by atoms with van der Waals surface area (Å²) < 4.78 is 5.23. The topological polar surface area (TPSA) is 79.5 Å². The minimum atomic E-state index is -0.589. The molecule has 6 nitrogen and oxygen atoms in total. The van der Waals surface area contributed by atoms with E-state index in [4.69, 9.17) is 4.74 Å². The number of ketones is 1. The lowest BCUT2D eigenvalue weighted by molar-refractivity contribution is -0.131. The molecule has 1 saturated heterocycles. The van der Waals surface area contributed by atoms with Gasteiger partial charge in [-0.25, -0.2) is 0 Å². The summed E-state index contributed by atoms with van der Waals surface area (Å²) in [5.74, 6) is -0.912. The lowest BCUT2D eigenvalue weighted by Crippen LogP contribution is -2.41. The van der Waals surface area contributed by atoms with Crippen LogP contribution in [0.3, 0.4) is 0 Å². The average molecular weight is 390 g/mol. The Morgan fingerprint density at radius 3 is 2.41 bits per heavy atom. The average Bonchev–Trinajstić information content (AvgIpc) is 3.18. The van der Waals surface area contributed by atoms with Crippen LogP contribution in [0.1, 0.15) is 41.6 Å². The first-order chi connectivity index (χ1) is 14.0. The van der Waals surface area contributed by atoms with E-state index < -0.39 is 17.7 Å². The van der Waals surface area contributed by atoms with Gasteiger partial charge in [0.15, 0.2) is 0 Å². The van der Waals surface area contributed by atoms with Gasteiger partial charge in [0, 0.05) is 31.7 Å². The Bertz CT molecular complexity index is 1060. The first-order valence-corrected chi connectivity index (χ1v) is 9.71. The Hall–Kier alpha value is -3.41. The molecule has 1 fully saturated rings. The Morgan fingerprint density at radius 1 is 1.00 bits per heavy atom.